The lowest BCUT2D eigenvalue weighted by atomic mass is 10.1. The second-order valence-corrected chi connectivity index (χ2v) is 4.50. The van der Waals surface area contributed by atoms with Gasteiger partial charge in [0.05, 0.1) is 18.4 Å². The van der Waals surface area contributed by atoms with Crippen LogP contribution in [0, 0.1) is 13.8 Å². The number of hydrogen-bond acceptors (Lipinski definition) is 6. The van der Waals surface area contributed by atoms with Gasteiger partial charge in [-0.2, -0.15) is 0 Å². The topological polar surface area (TPSA) is 106 Å². The summed E-state index contributed by atoms with van der Waals surface area (Å²) in [6.45, 7) is 5.62. The number of nitrogens with zero attached hydrogens (tertiary/aromatic N) is 2. The Labute approximate surface area is 116 Å². The summed E-state index contributed by atoms with van der Waals surface area (Å²) in [5, 5.41) is 2.85. The highest BCUT2D eigenvalue weighted by atomic mass is 16.3. The molecule has 2 aromatic heterocycles. The Kier molecular flexibility index (Phi) is 3.99. The van der Waals surface area contributed by atoms with Crippen molar-refractivity contribution in [3.05, 3.63) is 41.2 Å². The highest BCUT2D eigenvalue weighted by Gasteiger charge is 2.17. The SMILES string of the molecule is Cc1cc(C(C)NC(=O)c2cncc(NN)n2)c(C)o1. The Hall–Kier alpha value is -2.41. The predicted octanol–water partition coefficient (Wildman–Crippen LogP) is 1.46. The molecule has 0 aliphatic rings. The number of nitrogen functional groups attached to an aromatic ring is 1. The zero-order valence-corrected chi connectivity index (χ0v) is 11.6. The molecule has 0 saturated heterocycles. The molecule has 1 amide bonds. The number of hydrazine groups is 1. The van der Waals surface area contributed by atoms with Gasteiger partial charge in [0.25, 0.3) is 5.91 Å². The van der Waals surface area contributed by atoms with Crippen LogP contribution in [0.4, 0.5) is 5.82 Å². The Balaban J connectivity index is 2.12. The molecule has 0 spiro atoms. The first-order valence-corrected chi connectivity index (χ1v) is 6.17. The van der Waals surface area contributed by atoms with Crippen LogP contribution in [0.5, 0.6) is 0 Å². The van der Waals surface area contributed by atoms with Gasteiger partial charge >= 0.3 is 0 Å². The van der Waals surface area contributed by atoms with Crippen molar-refractivity contribution in [3.8, 4) is 0 Å². The van der Waals surface area contributed by atoms with Crippen molar-refractivity contribution in [2.75, 3.05) is 5.43 Å². The molecule has 1 atom stereocenters. The summed E-state index contributed by atoms with van der Waals surface area (Å²) in [5.74, 6) is 6.86. The zero-order chi connectivity index (χ0) is 14.7. The van der Waals surface area contributed by atoms with Crippen molar-refractivity contribution in [2.45, 2.75) is 26.8 Å². The number of nitrogens with one attached hydrogen (secondary N) is 2. The normalized spacial score (nSPS) is 12.0. The van der Waals surface area contributed by atoms with E-state index in [-0.39, 0.29) is 17.6 Å². The molecule has 0 aliphatic carbocycles. The van der Waals surface area contributed by atoms with E-state index in [1.807, 2.05) is 26.8 Å². The summed E-state index contributed by atoms with van der Waals surface area (Å²) in [4.78, 5) is 20.0. The van der Waals surface area contributed by atoms with Crippen LogP contribution in [0.15, 0.2) is 22.9 Å². The Bertz CT molecular complexity index is 623. The first-order valence-electron chi connectivity index (χ1n) is 6.17. The fourth-order valence-corrected chi connectivity index (χ4v) is 1.97. The summed E-state index contributed by atoms with van der Waals surface area (Å²) in [6, 6.07) is 1.72. The first-order chi connectivity index (χ1) is 9.51. The minimum Gasteiger partial charge on any atom is -0.466 e. The maximum absolute atomic E-state index is 12.1. The quantitative estimate of drug-likeness (QED) is 0.576. The number of aromatic nitrogens is 2. The smallest absolute Gasteiger partial charge is 0.272 e. The lowest BCUT2D eigenvalue weighted by Gasteiger charge is -2.13. The van der Waals surface area contributed by atoms with Gasteiger partial charge < -0.3 is 15.2 Å². The van der Waals surface area contributed by atoms with Crippen LogP contribution in [-0.4, -0.2) is 15.9 Å². The molecule has 0 bridgehead atoms. The number of aryl methyl sites for hydroxylation is 2. The lowest BCUT2D eigenvalue weighted by molar-refractivity contribution is 0.0934. The molecule has 4 N–H and O–H groups in total. The third-order valence-electron chi connectivity index (χ3n) is 2.91. The maximum Gasteiger partial charge on any atom is 0.272 e. The Morgan fingerprint density at radius 1 is 1.40 bits per heavy atom. The second-order valence-electron chi connectivity index (χ2n) is 4.50. The molecular weight excluding hydrogens is 258 g/mol. The van der Waals surface area contributed by atoms with Gasteiger partial charge in [0.15, 0.2) is 5.82 Å². The molecule has 2 rings (SSSR count). The van der Waals surface area contributed by atoms with Crippen molar-refractivity contribution < 1.29 is 9.21 Å². The molecule has 106 valence electrons. The molecule has 20 heavy (non-hydrogen) atoms. The average Bonchev–Trinajstić information content (AvgIpc) is 2.77. The number of carbonyl (C=O) groups excluding carboxylic acids is 1. The van der Waals surface area contributed by atoms with Gasteiger partial charge in [0, 0.05) is 5.56 Å². The Morgan fingerprint density at radius 3 is 2.75 bits per heavy atom. The van der Waals surface area contributed by atoms with Gasteiger partial charge in [-0.3, -0.25) is 9.78 Å². The number of rotatable bonds is 4. The summed E-state index contributed by atoms with van der Waals surface area (Å²) >= 11 is 0. The molecule has 0 fully saturated rings. The molecule has 7 nitrogen and oxygen atoms in total. The highest BCUT2D eigenvalue weighted by Crippen LogP contribution is 2.21. The minimum atomic E-state index is -0.319. The van der Waals surface area contributed by atoms with E-state index >= 15 is 0 Å². The number of hydrogen-bond donors (Lipinski definition) is 3. The van der Waals surface area contributed by atoms with E-state index in [0.29, 0.717) is 5.82 Å². The van der Waals surface area contributed by atoms with Crippen LogP contribution >= 0.6 is 0 Å². The van der Waals surface area contributed by atoms with Crippen molar-refractivity contribution in [1.29, 1.82) is 0 Å². The summed E-state index contributed by atoms with van der Waals surface area (Å²) in [5.41, 5.74) is 3.49. The van der Waals surface area contributed by atoms with Crippen molar-refractivity contribution >= 4 is 11.7 Å². The van der Waals surface area contributed by atoms with Crippen molar-refractivity contribution in [2.24, 2.45) is 5.84 Å². The summed E-state index contributed by atoms with van der Waals surface area (Å²) in [6.07, 6.45) is 2.82. The van der Waals surface area contributed by atoms with Crippen molar-refractivity contribution in [3.63, 3.8) is 0 Å². The van der Waals surface area contributed by atoms with Gasteiger partial charge in [-0.15, -0.1) is 0 Å². The number of amides is 1. The molecule has 0 aliphatic heterocycles. The largest absolute Gasteiger partial charge is 0.466 e. The van der Waals surface area contributed by atoms with Crippen molar-refractivity contribution in [1.82, 2.24) is 15.3 Å². The fraction of sp³-hybridized carbons (Fsp3) is 0.308. The maximum atomic E-state index is 12.1. The summed E-state index contributed by atoms with van der Waals surface area (Å²) < 4.78 is 5.45. The molecule has 0 aromatic carbocycles. The van der Waals surface area contributed by atoms with E-state index < -0.39 is 0 Å². The standard InChI is InChI=1S/C13H17N5O2/c1-7-4-10(9(3)20-7)8(2)16-13(19)11-5-15-6-12(17-11)18-14/h4-6,8H,14H2,1-3H3,(H,16,19)(H,17,18). The van der Waals surface area contributed by atoms with Crippen LogP contribution in [0.1, 0.15) is 40.5 Å². The molecule has 0 radical (unpaired) electrons. The first kappa shape index (κ1) is 14.0. The van der Waals surface area contributed by atoms with Crippen LogP contribution < -0.4 is 16.6 Å². The fourth-order valence-electron chi connectivity index (χ4n) is 1.97. The molecule has 7 heteroatoms. The Morgan fingerprint density at radius 2 is 2.15 bits per heavy atom. The lowest BCUT2D eigenvalue weighted by Crippen LogP contribution is -2.28. The van der Waals surface area contributed by atoms with Crippen LogP contribution in [0.25, 0.3) is 0 Å². The van der Waals surface area contributed by atoms with Gasteiger partial charge in [-0.25, -0.2) is 10.8 Å². The van der Waals surface area contributed by atoms with Gasteiger partial charge in [0.2, 0.25) is 0 Å². The molecule has 0 saturated carbocycles. The average molecular weight is 275 g/mol. The van der Waals surface area contributed by atoms with E-state index in [2.05, 4.69) is 20.7 Å². The second kappa shape index (κ2) is 5.70. The highest BCUT2D eigenvalue weighted by molar-refractivity contribution is 5.92. The number of anilines is 1. The van der Waals surface area contributed by atoms with E-state index in [4.69, 9.17) is 10.3 Å². The van der Waals surface area contributed by atoms with Crippen LogP contribution in [0.2, 0.25) is 0 Å². The van der Waals surface area contributed by atoms with E-state index in [1.165, 1.54) is 12.4 Å². The van der Waals surface area contributed by atoms with Gasteiger partial charge in [-0.05, 0) is 26.8 Å². The van der Waals surface area contributed by atoms with Crippen LogP contribution in [0.3, 0.4) is 0 Å². The van der Waals surface area contributed by atoms with E-state index in [9.17, 15) is 4.79 Å². The molecule has 2 heterocycles. The van der Waals surface area contributed by atoms with E-state index in [0.717, 1.165) is 17.1 Å². The monoisotopic (exact) mass is 275 g/mol. The predicted molar refractivity (Wildman–Crippen MR) is 73.9 cm³/mol. The van der Waals surface area contributed by atoms with E-state index in [1.54, 1.807) is 0 Å². The zero-order valence-electron chi connectivity index (χ0n) is 11.6. The van der Waals surface area contributed by atoms with Crippen LogP contribution in [-0.2, 0) is 0 Å². The molecule has 1 unspecified atom stereocenters. The number of nitrogens with two attached hydrogens (primary N) is 1. The third kappa shape index (κ3) is 2.94. The van der Waals surface area contributed by atoms with Gasteiger partial charge in [0.1, 0.15) is 17.2 Å². The van der Waals surface area contributed by atoms with Gasteiger partial charge in [-0.1, -0.05) is 0 Å². The minimum absolute atomic E-state index is 0.184. The molecule has 2 aromatic rings. The third-order valence-corrected chi connectivity index (χ3v) is 2.91. The number of carbonyl (C=O) groups is 1. The molecular formula is C13H17N5O2. The summed E-state index contributed by atoms with van der Waals surface area (Å²) in [7, 11) is 0. The number of furan rings is 1.